The van der Waals surface area contributed by atoms with Crippen LogP contribution in [0.3, 0.4) is 0 Å². The van der Waals surface area contributed by atoms with Gasteiger partial charge in [0, 0.05) is 31.1 Å². The average Bonchev–Trinajstić information content (AvgIpc) is 2.74. The van der Waals surface area contributed by atoms with E-state index in [-0.39, 0.29) is 12.1 Å². The summed E-state index contributed by atoms with van der Waals surface area (Å²) in [6.07, 6.45) is 0.869. The van der Waals surface area contributed by atoms with Gasteiger partial charge in [0.1, 0.15) is 0 Å². The summed E-state index contributed by atoms with van der Waals surface area (Å²) in [6, 6.07) is 9.42. The number of pyridine rings is 1. The van der Waals surface area contributed by atoms with E-state index in [2.05, 4.69) is 0 Å². The third kappa shape index (κ3) is 2.52. The van der Waals surface area contributed by atoms with Crippen LogP contribution in [-0.4, -0.2) is 17.8 Å². The number of nitrogens with zero attached hydrogens (tertiary/aromatic N) is 1. The van der Waals surface area contributed by atoms with E-state index < -0.39 is 0 Å². The molecule has 5 nitrogen and oxygen atoms in total. The predicted molar refractivity (Wildman–Crippen MR) is 80.6 cm³/mol. The number of benzene rings is 1. The molecule has 21 heavy (non-hydrogen) atoms. The minimum Gasteiger partial charge on any atom is -0.490 e. The molecule has 0 fully saturated rings. The zero-order chi connectivity index (χ0) is 14.8. The Balaban J connectivity index is 2.07. The fourth-order valence-electron chi connectivity index (χ4n) is 2.46. The van der Waals surface area contributed by atoms with Crippen molar-refractivity contribution in [1.82, 2.24) is 4.57 Å². The third-order valence-corrected chi connectivity index (χ3v) is 3.65. The molecule has 0 saturated carbocycles. The van der Waals surface area contributed by atoms with Gasteiger partial charge in [-0.15, -0.1) is 0 Å². The molecule has 2 N–H and O–H groups in total. The molecule has 0 aliphatic carbocycles. The number of ether oxygens (including phenoxy) is 2. The molecule has 1 aromatic carbocycles. The molecule has 0 amide bonds. The van der Waals surface area contributed by atoms with Crippen molar-refractivity contribution in [2.24, 2.45) is 12.8 Å². The second kappa shape index (κ2) is 5.61. The van der Waals surface area contributed by atoms with Crippen LogP contribution in [0.5, 0.6) is 11.5 Å². The van der Waals surface area contributed by atoms with Gasteiger partial charge in [-0.05, 0) is 24.3 Å². The Hall–Kier alpha value is -2.27. The highest BCUT2D eigenvalue weighted by Crippen LogP contribution is 2.33. The molecule has 3 rings (SSSR count). The second-order valence-electron chi connectivity index (χ2n) is 5.02. The van der Waals surface area contributed by atoms with Crippen LogP contribution in [0, 0.1) is 0 Å². The summed E-state index contributed by atoms with van der Waals surface area (Å²) < 4.78 is 12.9. The summed E-state index contributed by atoms with van der Waals surface area (Å²) in [5.74, 6) is 1.47. The molecule has 0 radical (unpaired) electrons. The maximum Gasteiger partial charge on any atom is 0.255 e. The smallest absolute Gasteiger partial charge is 0.255 e. The largest absolute Gasteiger partial charge is 0.490 e. The zero-order valence-corrected chi connectivity index (χ0v) is 12.0. The lowest BCUT2D eigenvalue weighted by Crippen LogP contribution is -2.23. The first-order valence-corrected chi connectivity index (χ1v) is 6.99. The van der Waals surface area contributed by atoms with Gasteiger partial charge in [-0.3, -0.25) is 4.79 Å². The lowest BCUT2D eigenvalue weighted by Gasteiger charge is -2.13. The van der Waals surface area contributed by atoms with Crippen LogP contribution in [0.2, 0.25) is 0 Å². The highest BCUT2D eigenvalue weighted by Gasteiger charge is 2.13. The Morgan fingerprint density at radius 3 is 2.67 bits per heavy atom. The topological polar surface area (TPSA) is 66.5 Å². The Morgan fingerprint density at radius 2 is 1.90 bits per heavy atom. The van der Waals surface area contributed by atoms with Crippen LogP contribution >= 0.6 is 0 Å². The van der Waals surface area contributed by atoms with Gasteiger partial charge in [0.15, 0.2) is 11.5 Å². The Bertz CT molecular complexity index is 722. The van der Waals surface area contributed by atoms with Gasteiger partial charge in [0.2, 0.25) is 0 Å². The summed E-state index contributed by atoms with van der Waals surface area (Å²) in [5, 5.41) is 0. The normalized spacial score (nSPS) is 13.8. The molecule has 2 aromatic rings. The molecule has 1 aliphatic rings. The number of rotatable bonds is 2. The first-order valence-electron chi connectivity index (χ1n) is 6.99. The number of aromatic nitrogens is 1. The van der Waals surface area contributed by atoms with E-state index in [0.29, 0.717) is 18.8 Å². The van der Waals surface area contributed by atoms with E-state index >= 15 is 0 Å². The van der Waals surface area contributed by atoms with E-state index in [1.807, 2.05) is 24.3 Å². The van der Waals surface area contributed by atoms with E-state index in [0.717, 1.165) is 29.2 Å². The molecule has 0 atom stereocenters. The standard InChI is InChI=1S/C16H18N2O3/c1-18-13(5-3-12(10-17)16(18)19)11-4-6-14-15(9-11)21-8-2-7-20-14/h3-6,9H,2,7-8,10,17H2,1H3. The number of hydrogen-bond donors (Lipinski definition) is 1. The van der Waals surface area contributed by atoms with Gasteiger partial charge < -0.3 is 19.8 Å². The highest BCUT2D eigenvalue weighted by molar-refractivity contribution is 5.64. The van der Waals surface area contributed by atoms with Crippen molar-refractivity contribution < 1.29 is 9.47 Å². The summed E-state index contributed by atoms with van der Waals surface area (Å²) in [5.41, 5.74) is 7.85. The fraction of sp³-hybridized carbons (Fsp3) is 0.312. The lowest BCUT2D eigenvalue weighted by molar-refractivity contribution is 0.297. The van der Waals surface area contributed by atoms with Crippen molar-refractivity contribution in [3.63, 3.8) is 0 Å². The highest BCUT2D eigenvalue weighted by atomic mass is 16.5. The minimum absolute atomic E-state index is 0.0675. The first kappa shape index (κ1) is 13.7. The van der Waals surface area contributed by atoms with Crippen LogP contribution in [0.15, 0.2) is 35.1 Å². The third-order valence-electron chi connectivity index (χ3n) is 3.65. The lowest BCUT2D eigenvalue weighted by atomic mass is 10.1. The molecule has 0 bridgehead atoms. The second-order valence-corrected chi connectivity index (χ2v) is 5.02. The van der Waals surface area contributed by atoms with Crippen molar-refractivity contribution >= 4 is 0 Å². The van der Waals surface area contributed by atoms with Crippen molar-refractivity contribution in [1.29, 1.82) is 0 Å². The number of nitrogens with two attached hydrogens (primary N) is 1. The number of fused-ring (bicyclic) bond motifs is 1. The molecule has 5 heteroatoms. The van der Waals surface area contributed by atoms with Crippen LogP contribution in [-0.2, 0) is 13.6 Å². The SMILES string of the molecule is Cn1c(-c2ccc3c(c2)OCCCO3)ccc(CN)c1=O. The van der Waals surface area contributed by atoms with Gasteiger partial charge in [-0.1, -0.05) is 6.07 Å². The van der Waals surface area contributed by atoms with Crippen LogP contribution < -0.4 is 20.8 Å². The molecule has 1 aromatic heterocycles. The zero-order valence-electron chi connectivity index (χ0n) is 12.0. The maximum absolute atomic E-state index is 12.2. The van der Waals surface area contributed by atoms with Crippen molar-refractivity contribution in [3.05, 3.63) is 46.2 Å². The quantitative estimate of drug-likeness (QED) is 0.912. The van der Waals surface area contributed by atoms with Gasteiger partial charge in [0.05, 0.1) is 18.9 Å². The van der Waals surface area contributed by atoms with Gasteiger partial charge >= 0.3 is 0 Å². The molecule has 110 valence electrons. The van der Waals surface area contributed by atoms with E-state index in [9.17, 15) is 4.79 Å². The molecular weight excluding hydrogens is 268 g/mol. The molecule has 0 spiro atoms. The van der Waals surface area contributed by atoms with E-state index in [1.165, 1.54) is 0 Å². The van der Waals surface area contributed by atoms with Gasteiger partial charge in [0.25, 0.3) is 5.56 Å². The van der Waals surface area contributed by atoms with Crippen molar-refractivity contribution in [2.45, 2.75) is 13.0 Å². The molecular formula is C16H18N2O3. The number of hydrogen-bond acceptors (Lipinski definition) is 4. The van der Waals surface area contributed by atoms with Crippen LogP contribution in [0.4, 0.5) is 0 Å². The minimum atomic E-state index is -0.0675. The summed E-state index contributed by atoms with van der Waals surface area (Å²) in [4.78, 5) is 12.2. The van der Waals surface area contributed by atoms with Crippen molar-refractivity contribution in [3.8, 4) is 22.8 Å². The molecule has 0 unspecified atom stereocenters. The van der Waals surface area contributed by atoms with E-state index in [1.54, 1.807) is 17.7 Å². The predicted octanol–water partition coefficient (Wildman–Crippen LogP) is 1.67. The monoisotopic (exact) mass is 286 g/mol. The molecule has 0 saturated heterocycles. The van der Waals surface area contributed by atoms with Gasteiger partial charge in [-0.2, -0.15) is 0 Å². The first-order chi connectivity index (χ1) is 10.2. The maximum atomic E-state index is 12.2. The Morgan fingerprint density at radius 1 is 1.14 bits per heavy atom. The Kier molecular flexibility index (Phi) is 3.66. The van der Waals surface area contributed by atoms with E-state index in [4.69, 9.17) is 15.2 Å². The summed E-state index contributed by atoms with van der Waals surface area (Å²) in [6.45, 7) is 1.55. The van der Waals surface area contributed by atoms with Gasteiger partial charge in [-0.25, -0.2) is 0 Å². The van der Waals surface area contributed by atoms with Crippen LogP contribution in [0.1, 0.15) is 12.0 Å². The summed E-state index contributed by atoms with van der Waals surface area (Å²) >= 11 is 0. The average molecular weight is 286 g/mol. The van der Waals surface area contributed by atoms with Crippen molar-refractivity contribution in [2.75, 3.05) is 13.2 Å². The molecule has 2 heterocycles. The fourth-order valence-corrected chi connectivity index (χ4v) is 2.46. The Labute approximate surface area is 122 Å². The molecule has 1 aliphatic heterocycles. The van der Waals surface area contributed by atoms with Crippen LogP contribution in [0.25, 0.3) is 11.3 Å². The summed E-state index contributed by atoms with van der Waals surface area (Å²) in [7, 11) is 1.75.